The van der Waals surface area contributed by atoms with Gasteiger partial charge in [0.15, 0.2) is 0 Å². The average Bonchev–Trinajstić information content (AvgIpc) is 2.98. The SMILES string of the molecule is O=C(NCc1cccs1)C(=O)NC1CCCC1. The summed E-state index contributed by atoms with van der Waals surface area (Å²) in [5, 5.41) is 7.32. The molecule has 0 unspecified atom stereocenters. The molecule has 1 aliphatic carbocycles. The molecule has 92 valence electrons. The van der Waals surface area contributed by atoms with Crippen molar-refractivity contribution < 1.29 is 9.59 Å². The third-order valence-electron chi connectivity index (χ3n) is 2.90. The molecule has 0 bridgehead atoms. The predicted octanol–water partition coefficient (Wildman–Crippen LogP) is 1.42. The Hall–Kier alpha value is -1.36. The van der Waals surface area contributed by atoms with Gasteiger partial charge < -0.3 is 10.6 Å². The van der Waals surface area contributed by atoms with Crippen LogP contribution in [0.3, 0.4) is 0 Å². The number of hydrogen-bond donors (Lipinski definition) is 2. The van der Waals surface area contributed by atoms with Crippen LogP contribution in [-0.2, 0) is 16.1 Å². The van der Waals surface area contributed by atoms with Crippen molar-refractivity contribution in [1.82, 2.24) is 10.6 Å². The molecule has 5 heteroatoms. The van der Waals surface area contributed by atoms with Gasteiger partial charge in [-0.1, -0.05) is 18.9 Å². The zero-order valence-corrected chi connectivity index (χ0v) is 10.4. The Morgan fingerprint density at radius 1 is 1.29 bits per heavy atom. The lowest BCUT2D eigenvalue weighted by Crippen LogP contribution is -2.43. The summed E-state index contributed by atoms with van der Waals surface area (Å²) in [6.45, 7) is 0.425. The number of thiophene rings is 1. The van der Waals surface area contributed by atoms with Gasteiger partial charge in [-0.25, -0.2) is 0 Å². The molecule has 1 aromatic rings. The van der Waals surface area contributed by atoms with E-state index in [1.807, 2.05) is 17.5 Å². The Kier molecular flexibility index (Phi) is 4.14. The second-order valence-electron chi connectivity index (χ2n) is 4.22. The lowest BCUT2D eigenvalue weighted by molar-refractivity contribution is -0.139. The molecule has 0 saturated heterocycles. The molecule has 17 heavy (non-hydrogen) atoms. The van der Waals surface area contributed by atoms with Crippen LogP contribution < -0.4 is 10.6 Å². The highest BCUT2D eigenvalue weighted by Gasteiger charge is 2.20. The maximum Gasteiger partial charge on any atom is 0.309 e. The van der Waals surface area contributed by atoms with Gasteiger partial charge in [-0.3, -0.25) is 9.59 Å². The van der Waals surface area contributed by atoms with Crippen LogP contribution in [0.15, 0.2) is 17.5 Å². The van der Waals surface area contributed by atoms with Crippen LogP contribution in [0.2, 0.25) is 0 Å². The number of carbonyl (C=O) groups is 2. The fraction of sp³-hybridized carbons (Fsp3) is 0.500. The van der Waals surface area contributed by atoms with Crippen LogP contribution in [0.5, 0.6) is 0 Å². The third kappa shape index (κ3) is 3.56. The Balaban J connectivity index is 1.73. The Morgan fingerprint density at radius 2 is 2.06 bits per heavy atom. The maximum absolute atomic E-state index is 11.5. The quantitative estimate of drug-likeness (QED) is 0.799. The molecule has 0 aromatic carbocycles. The Bertz CT molecular complexity index is 383. The first-order valence-electron chi connectivity index (χ1n) is 5.87. The molecular formula is C12H16N2O2S. The van der Waals surface area contributed by atoms with Crippen molar-refractivity contribution in [1.29, 1.82) is 0 Å². The molecule has 4 nitrogen and oxygen atoms in total. The highest BCUT2D eigenvalue weighted by Crippen LogP contribution is 2.17. The van der Waals surface area contributed by atoms with Crippen molar-refractivity contribution in [2.24, 2.45) is 0 Å². The number of amides is 2. The molecule has 0 radical (unpaired) electrons. The molecule has 0 aliphatic heterocycles. The van der Waals surface area contributed by atoms with Gasteiger partial charge in [0.2, 0.25) is 0 Å². The molecule has 0 atom stereocenters. The third-order valence-corrected chi connectivity index (χ3v) is 3.78. The van der Waals surface area contributed by atoms with Crippen LogP contribution >= 0.6 is 11.3 Å². The lowest BCUT2D eigenvalue weighted by Gasteiger charge is -2.11. The summed E-state index contributed by atoms with van der Waals surface area (Å²) in [5.74, 6) is -1.04. The van der Waals surface area contributed by atoms with E-state index in [1.54, 1.807) is 11.3 Å². The summed E-state index contributed by atoms with van der Waals surface area (Å²) in [7, 11) is 0. The molecule has 1 fully saturated rings. The Morgan fingerprint density at radius 3 is 2.71 bits per heavy atom. The van der Waals surface area contributed by atoms with Crippen LogP contribution in [0.25, 0.3) is 0 Å². The molecule has 0 spiro atoms. The largest absolute Gasteiger partial charge is 0.345 e. The molecule has 1 aromatic heterocycles. The van der Waals surface area contributed by atoms with Crippen LogP contribution in [0.4, 0.5) is 0 Å². The summed E-state index contributed by atoms with van der Waals surface area (Å²) in [6, 6.07) is 4.04. The second-order valence-corrected chi connectivity index (χ2v) is 5.25. The summed E-state index contributed by atoms with van der Waals surface area (Å²) in [4.78, 5) is 24.1. The molecule has 2 amide bonds. The predicted molar refractivity (Wildman–Crippen MR) is 66.6 cm³/mol. The molecular weight excluding hydrogens is 236 g/mol. The summed E-state index contributed by atoms with van der Waals surface area (Å²) < 4.78 is 0. The van der Waals surface area contributed by atoms with Crippen molar-refractivity contribution in [3.8, 4) is 0 Å². The standard InChI is InChI=1S/C12H16N2O2S/c15-11(13-8-10-6-3-7-17-10)12(16)14-9-4-1-2-5-9/h3,6-7,9H,1-2,4-5,8H2,(H,13,15)(H,14,16). The highest BCUT2D eigenvalue weighted by atomic mass is 32.1. The van der Waals surface area contributed by atoms with Gasteiger partial charge in [0.1, 0.15) is 0 Å². The van der Waals surface area contributed by atoms with Crippen molar-refractivity contribution in [2.75, 3.05) is 0 Å². The smallest absolute Gasteiger partial charge is 0.309 e. The minimum atomic E-state index is -0.537. The minimum absolute atomic E-state index is 0.190. The van der Waals surface area contributed by atoms with Crippen molar-refractivity contribution in [3.05, 3.63) is 22.4 Å². The van der Waals surface area contributed by atoms with Gasteiger partial charge in [-0.05, 0) is 24.3 Å². The second kappa shape index (κ2) is 5.82. The van der Waals surface area contributed by atoms with Gasteiger partial charge in [0.25, 0.3) is 0 Å². The minimum Gasteiger partial charge on any atom is -0.345 e. The maximum atomic E-state index is 11.5. The average molecular weight is 252 g/mol. The van der Waals surface area contributed by atoms with E-state index in [1.165, 1.54) is 0 Å². The summed E-state index contributed by atoms with van der Waals surface area (Å²) in [5.41, 5.74) is 0. The van der Waals surface area contributed by atoms with Gasteiger partial charge in [0, 0.05) is 10.9 Å². The van der Waals surface area contributed by atoms with Gasteiger partial charge in [0.05, 0.1) is 6.54 Å². The molecule has 1 aliphatic rings. The van der Waals surface area contributed by atoms with E-state index < -0.39 is 11.8 Å². The topological polar surface area (TPSA) is 58.2 Å². The number of carbonyl (C=O) groups excluding carboxylic acids is 2. The zero-order valence-electron chi connectivity index (χ0n) is 9.57. The van der Waals surface area contributed by atoms with Gasteiger partial charge >= 0.3 is 11.8 Å². The van der Waals surface area contributed by atoms with Gasteiger partial charge in [-0.2, -0.15) is 0 Å². The molecule has 1 heterocycles. The van der Waals surface area contributed by atoms with E-state index in [-0.39, 0.29) is 6.04 Å². The van der Waals surface area contributed by atoms with E-state index in [2.05, 4.69) is 10.6 Å². The monoisotopic (exact) mass is 252 g/mol. The summed E-state index contributed by atoms with van der Waals surface area (Å²) in [6.07, 6.45) is 4.26. The summed E-state index contributed by atoms with van der Waals surface area (Å²) >= 11 is 1.56. The lowest BCUT2D eigenvalue weighted by atomic mass is 10.2. The fourth-order valence-electron chi connectivity index (χ4n) is 1.98. The molecule has 1 saturated carbocycles. The van der Waals surface area contributed by atoms with Crippen LogP contribution in [-0.4, -0.2) is 17.9 Å². The zero-order chi connectivity index (χ0) is 12.1. The number of rotatable bonds is 3. The van der Waals surface area contributed by atoms with E-state index in [0.29, 0.717) is 6.54 Å². The highest BCUT2D eigenvalue weighted by molar-refractivity contribution is 7.09. The first-order chi connectivity index (χ1) is 8.25. The van der Waals surface area contributed by atoms with E-state index in [4.69, 9.17) is 0 Å². The first-order valence-corrected chi connectivity index (χ1v) is 6.75. The Labute approximate surface area is 104 Å². The van der Waals surface area contributed by atoms with Crippen molar-refractivity contribution in [3.63, 3.8) is 0 Å². The number of nitrogens with one attached hydrogen (secondary N) is 2. The normalized spacial score (nSPS) is 15.8. The molecule has 2 rings (SSSR count). The number of hydrogen-bond acceptors (Lipinski definition) is 3. The van der Waals surface area contributed by atoms with Crippen LogP contribution in [0.1, 0.15) is 30.6 Å². The van der Waals surface area contributed by atoms with Crippen LogP contribution in [0, 0.1) is 0 Å². The van der Waals surface area contributed by atoms with E-state index >= 15 is 0 Å². The first kappa shape index (κ1) is 12.1. The van der Waals surface area contributed by atoms with Gasteiger partial charge in [-0.15, -0.1) is 11.3 Å². The molecule has 2 N–H and O–H groups in total. The fourth-order valence-corrected chi connectivity index (χ4v) is 2.63. The van der Waals surface area contributed by atoms with E-state index in [9.17, 15) is 9.59 Å². The van der Waals surface area contributed by atoms with Crippen molar-refractivity contribution >= 4 is 23.2 Å². The van der Waals surface area contributed by atoms with E-state index in [0.717, 1.165) is 30.6 Å². The van der Waals surface area contributed by atoms with Crippen molar-refractivity contribution in [2.45, 2.75) is 38.3 Å².